The van der Waals surface area contributed by atoms with Crippen LogP contribution in [0.5, 0.6) is 0 Å². The number of halogens is 4. The Morgan fingerprint density at radius 2 is 0.941 bits per heavy atom. The fraction of sp³-hybridized carbons (Fsp3) is 0.333. The van der Waals surface area contributed by atoms with Gasteiger partial charge in [0, 0.05) is 25.5 Å². The molecule has 0 unspecified atom stereocenters. The maximum Gasteiger partial charge on any atom is 0.0426 e. The summed E-state index contributed by atoms with van der Waals surface area (Å²) in [5.74, 6) is 0. The molecule has 0 N–H and O–H groups in total. The summed E-state index contributed by atoms with van der Waals surface area (Å²) in [7, 11) is 0. The second kappa shape index (κ2) is 18.8. The number of hydrogen-bond acceptors (Lipinski definition) is 0. The maximum absolute atomic E-state index is 6.06. The number of rotatable bonds is 3. The normalized spacial score (nSPS) is 9.44. The highest BCUT2D eigenvalue weighted by atomic mass is 35.5. The number of hydrogen-bond donors (Lipinski definition) is 0. The topological polar surface area (TPSA) is 0 Å². The zero-order valence-electron chi connectivity index (χ0n) is 22.1. The molecule has 0 aliphatic heterocycles. The van der Waals surface area contributed by atoms with Crippen LogP contribution in [0, 0.1) is 0 Å². The van der Waals surface area contributed by atoms with E-state index in [2.05, 4.69) is 32.6 Å². The molecule has 3 aromatic rings. The van der Waals surface area contributed by atoms with Crippen molar-refractivity contribution in [2.45, 2.75) is 67.7 Å². The minimum absolute atomic E-state index is 0.101. The molecule has 0 nitrogen and oxygen atoms in total. The van der Waals surface area contributed by atoms with Crippen LogP contribution in [0.4, 0.5) is 0 Å². The van der Waals surface area contributed by atoms with E-state index in [-0.39, 0.29) is 5.41 Å². The molecular weight excluding hydrogens is 502 g/mol. The van der Waals surface area contributed by atoms with Crippen molar-refractivity contribution in [1.29, 1.82) is 0 Å². The molecule has 0 atom stereocenters. The van der Waals surface area contributed by atoms with Gasteiger partial charge in [0.2, 0.25) is 0 Å². The van der Waals surface area contributed by atoms with Gasteiger partial charge in [0.25, 0.3) is 0 Å². The summed E-state index contributed by atoms with van der Waals surface area (Å²) in [5, 5.41) is 2.65. The fourth-order valence-corrected chi connectivity index (χ4v) is 3.79. The van der Waals surface area contributed by atoms with Gasteiger partial charge in [-0.05, 0) is 60.0 Å². The first-order chi connectivity index (χ1) is 16.1. The third-order valence-corrected chi connectivity index (χ3v) is 5.31. The van der Waals surface area contributed by atoms with Crippen LogP contribution >= 0.6 is 46.4 Å². The average molecular weight is 542 g/mol. The average Bonchev–Trinajstić information content (AvgIpc) is 2.83. The summed E-state index contributed by atoms with van der Waals surface area (Å²) in [5.41, 5.74) is 4.23. The first kappa shape index (κ1) is 34.7. The van der Waals surface area contributed by atoms with E-state index in [9.17, 15) is 0 Å². The van der Waals surface area contributed by atoms with Crippen molar-refractivity contribution >= 4 is 52.0 Å². The van der Waals surface area contributed by atoms with Gasteiger partial charge in [-0.15, -0.1) is 0 Å². The molecule has 0 amide bonds. The van der Waals surface area contributed by atoms with Gasteiger partial charge in [-0.1, -0.05) is 144 Å². The number of benzene rings is 3. The Balaban J connectivity index is 0. The molecule has 3 rings (SSSR count). The van der Waals surface area contributed by atoms with Gasteiger partial charge < -0.3 is 0 Å². The standard InChI is InChI=1S/C15H14Cl2.C9H8Cl2.3C2H6/c1-15(2,11-6-4-3-5-7-11)12-8-13(16)10-14(17)9-12;1-6(2)7-3-8(10)5-9(11)4-7;3*1-2/h3-10H,1-2H3;3-5H,1H2,2H3;3*1-2H3. The molecule has 188 valence electrons. The molecule has 3 aromatic carbocycles. The van der Waals surface area contributed by atoms with Gasteiger partial charge in [-0.3, -0.25) is 0 Å². The lowest BCUT2D eigenvalue weighted by Crippen LogP contribution is -2.18. The van der Waals surface area contributed by atoms with Crippen molar-refractivity contribution in [2.24, 2.45) is 0 Å². The van der Waals surface area contributed by atoms with E-state index in [1.54, 1.807) is 12.1 Å². The molecule has 0 saturated heterocycles. The van der Waals surface area contributed by atoms with Gasteiger partial charge in [-0.25, -0.2) is 0 Å². The van der Waals surface area contributed by atoms with Gasteiger partial charge in [-0.2, -0.15) is 0 Å². The third-order valence-electron chi connectivity index (χ3n) is 4.44. The lowest BCUT2D eigenvalue weighted by atomic mass is 9.78. The molecule has 0 aliphatic carbocycles. The van der Waals surface area contributed by atoms with Crippen molar-refractivity contribution < 1.29 is 0 Å². The Hall–Kier alpha value is -1.44. The van der Waals surface area contributed by atoms with E-state index in [0.29, 0.717) is 20.1 Å². The van der Waals surface area contributed by atoms with Crippen LogP contribution in [0.3, 0.4) is 0 Å². The highest BCUT2D eigenvalue weighted by Crippen LogP contribution is 2.34. The largest absolute Gasteiger partial charge is 0.0955 e. The van der Waals surface area contributed by atoms with E-state index in [1.807, 2.05) is 90.9 Å². The Labute approximate surface area is 228 Å². The highest BCUT2D eigenvalue weighted by molar-refractivity contribution is 6.35. The smallest absolute Gasteiger partial charge is 0.0426 e. The van der Waals surface area contributed by atoms with Gasteiger partial charge in [0.1, 0.15) is 0 Å². The van der Waals surface area contributed by atoms with Crippen LogP contribution in [0.2, 0.25) is 20.1 Å². The summed E-state index contributed by atoms with van der Waals surface area (Å²) < 4.78 is 0. The van der Waals surface area contributed by atoms with Crippen LogP contribution < -0.4 is 0 Å². The highest BCUT2D eigenvalue weighted by Gasteiger charge is 2.23. The lowest BCUT2D eigenvalue weighted by molar-refractivity contribution is 0.641. The monoisotopic (exact) mass is 540 g/mol. The van der Waals surface area contributed by atoms with Crippen LogP contribution in [-0.2, 0) is 5.41 Å². The minimum atomic E-state index is -0.101. The lowest BCUT2D eigenvalue weighted by Gasteiger charge is -2.26. The minimum Gasteiger partial charge on any atom is -0.0955 e. The Morgan fingerprint density at radius 1 is 0.588 bits per heavy atom. The van der Waals surface area contributed by atoms with Crippen LogP contribution in [-0.4, -0.2) is 0 Å². The van der Waals surface area contributed by atoms with Crippen LogP contribution in [0.25, 0.3) is 5.57 Å². The van der Waals surface area contributed by atoms with E-state index >= 15 is 0 Å². The maximum atomic E-state index is 6.06. The first-order valence-electron chi connectivity index (χ1n) is 11.7. The molecule has 34 heavy (non-hydrogen) atoms. The Kier molecular flexibility index (Phi) is 19.2. The molecular formula is C30H40Cl4. The summed E-state index contributed by atoms with van der Waals surface area (Å²) in [6, 6.07) is 21.4. The quantitative estimate of drug-likeness (QED) is 0.309. The fourth-order valence-electron chi connectivity index (χ4n) is 2.74. The molecule has 0 bridgehead atoms. The zero-order chi connectivity index (χ0) is 26.9. The van der Waals surface area contributed by atoms with E-state index in [1.165, 1.54) is 5.56 Å². The van der Waals surface area contributed by atoms with Crippen molar-refractivity contribution in [2.75, 3.05) is 0 Å². The van der Waals surface area contributed by atoms with E-state index in [0.717, 1.165) is 16.7 Å². The molecule has 4 heteroatoms. The van der Waals surface area contributed by atoms with Crippen molar-refractivity contribution in [3.8, 4) is 0 Å². The van der Waals surface area contributed by atoms with Crippen molar-refractivity contribution in [3.63, 3.8) is 0 Å². The molecule has 0 heterocycles. The van der Waals surface area contributed by atoms with Crippen LogP contribution in [0.15, 0.2) is 73.3 Å². The second-order valence-electron chi connectivity index (χ2n) is 7.09. The van der Waals surface area contributed by atoms with Crippen molar-refractivity contribution in [3.05, 3.63) is 110 Å². The SMILES string of the molecule is C=C(C)c1cc(Cl)cc(Cl)c1.CC.CC.CC.CC(C)(c1ccccc1)c1cc(Cl)cc(Cl)c1. The predicted molar refractivity (Wildman–Crippen MR) is 160 cm³/mol. The molecule has 0 spiro atoms. The molecule has 0 fully saturated rings. The van der Waals surface area contributed by atoms with Gasteiger partial charge in [0.05, 0.1) is 0 Å². The van der Waals surface area contributed by atoms with Crippen LogP contribution in [0.1, 0.15) is 79.0 Å². The second-order valence-corrected chi connectivity index (χ2v) is 8.83. The summed E-state index contributed by atoms with van der Waals surface area (Å²) >= 11 is 23.7. The van der Waals surface area contributed by atoms with E-state index in [4.69, 9.17) is 46.4 Å². The number of allylic oxidation sites excluding steroid dienone is 1. The summed E-state index contributed by atoms with van der Waals surface area (Å²) in [4.78, 5) is 0. The summed E-state index contributed by atoms with van der Waals surface area (Å²) in [6.07, 6.45) is 0. The summed E-state index contributed by atoms with van der Waals surface area (Å²) in [6.45, 7) is 22.1. The molecule has 0 aliphatic rings. The van der Waals surface area contributed by atoms with Gasteiger partial charge in [0.15, 0.2) is 0 Å². The molecule has 0 saturated carbocycles. The molecule has 0 aromatic heterocycles. The van der Waals surface area contributed by atoms with Gasteiger partial charge >= 0.3 is 0 Å². The predicted octanol–water partition coefficient (Wildman–Crippen LogP) is 12.4. The Morgan fingerprint density at radius 3 is 1.29 bits per heavy atom. The third kappa shape index (κ3) is 12.3. The van der Waals surface area contributed by atoms with E-state index < -0.39 is 0 Å². The Bertz CT molecular complexity index is 920. The first-order valence-corrected chi connectivity index (χ1v) is 13.2. The molecule has 0 radical (unpaired) electrons. The zero-order valence-corrected chi connectivity index (χ0v) is 25.1. The van der Waals surface area contributed by atoms with Crippen molar-refractivity contribution in [1.82, 2.24) is 0 Å².